The second kappa shape index (κ2) is 64.7. The maximum absolute atomic E-state index is 11.5. The van der Waals surface area contributed by atoms with E-state index in [9.17, 15) is 59.4 Å². The number of ether oxygens (including phenoxy) is 5. The first-order valence-corrected chi connectivity index (χ1v) is 30.9. The average molecular weight is 1430 g/mol. The van der Waals surface area contributed by atoms with Gasteiger partial charge < -0.3 is 124 Å². The van der Waals surface area contributed by atoms with Gasteiger partial charge in [0.25, 0.3) is 5.79 Å². The lowest BCUT2D eigenvalue weighted by atomic mass is 9.83. The fourth-order valence-electron chi connectivity index (χ4n) is 6.29. The zero-order valence-electron chi connectivity index (χ0n) is 61.3. The molecule has 0 radical (unpaired) electrons. The summed E-state index contributed by atoms with van der Waals surface area (Å²) >= 11 is 1.10. The van der Waals surface area contributed by atoms with Crippen molar-refractivity contribution in [1.29, 1.82) is 0 Å². The molecule has 0 bridgehead atoms. The van der Waals surface area contributed by atoms with E-state index in [1.54, 1.807) is 42.2 Å². The zero-order chi connectivity index (χ0) is 78.8. The van der Waals surface area contributed by atoms with Crippen LogP contribution in [0, 0.1) is 5.92 Å². The molecule has 23 N–H and O–H groups in total. The van der Waals surface area contributed by atoms with Crippen LogP contribution >= 0.6 is 11.9 Å². The Morgan fingerprint density at radius 3 is 1.51 bits per heavy atom. The van der Waals surface area contributed by atoms with Crippen LogP contribution in [0.2, 0.25) is 0 Å². The highest BCUT2D eigenvalue weighted by molar-refractivity contribution is 8.11. The first-order chi connectivity index (χ1) is 45.4. The quantitative estimate of drug-likeness (QED) is 0.0176. The predicted octanol–water partition coefficient (Wildman–Crippen LogP) is -1.81. The molecule has 36 nitrogen and oxygen atoms in total. The smallest absolute Gasteiger partial charge is 0.364 e. The van der Waals surface area contributed by atoms with Gasteiger partial charge in [0, 0.05) is 143 Å². The summed E-state index contributed by atoms with van der Waals surface area (Å²) in [6.45, 7) is 39.8. The number of aliphatic hydroxyl groups excluding tert-OH is 8. The number of hydrogen-bond acceptors (Lipinski definition) is 31. The monoisotopic (exact) mass is 1430 g/mol. The van der Waals surface area contributed by atoms with Crippen LogP contribution in [0.25, 0.3) is 10.4 Å². The van der Waals surface area contributed by atoms with Gasteiger partial charge in [0.05, 0.1) is 39.0 Å². The molecule has 3 heterocycles. The summed E-state index contributed by atoms with van der Waals surface area (Å²) in [6, 6.07) is -0.677. The molecule has 3 aliphatic heterocycles. The summed E-state index contributed by atoms with van der Waals surface area (Å²) in [4.78, 5) is 66.6. The SMILES string of the molecule is C=C(C)NC.C=C(C)NC.C=C(CN)NC.C=C(CN=[N+]=[N-])NC.C=C(NC)C(C)N.C=C(NC)C(C)NC(C)=O.C=C1CCC(=O)N1NC.CNSC(C)=O.COC(=O)C(C)O.COC1(C(=O)O)CC(C)C(NC(C)=O)C(C(O)C(O)CO)O1.COC1OC(CO)C(O)C(O)C1O. The number of aliphatic carboxylic acids is 1. The number of hydrogen-bond donors (Lipinski definition) is 21. The number of nitrogens with two attached hydrogens (primary N) is 2. The van der Waals surface area contributed by atoms with E-state index in [1.165, 1.54) is 46.9 Å². The second-order valence-electron chi connectivity index (χ2n) is 20.6. The summed E-state index contributed by atoms with van der Waals surface area (Å²) < 4.78 is 26.8. The number of likely N-dealkylation sites (N-methyl/N-ethyl adjacent to an activating group) is 4. The summed E-state index contributed by atoms with van der Waals surface area (Å²) in [6.07, 6.45) is -9.98. The van der Waals surface area contributed by atoms with E-state index < -0.39 is 104 Å². The Labute approximate surface area is 584 Å². The van der Waals surface area contributed by atoms with Crippen LogP contribution in [0.4, 0.5) is 0 Å². The molecular weight excluding hydrogens is 1310 g/mol. The summed E-state index contributed by atoms with van der Waals surface area (Å²) in [5.74, 6) is -4.70. The van der Waals surface area contributed by atoms with Crippen LogP contribution in [0.5, 0.6) is 0 Å². The number of azide groups is 1. The van der Waals surface area contributed by atoms with Gasteiger partial charge in [0.1, 0.15) is 48.8 Å². The lowest BCUT2D eigenvalue weighted by Crippen LogP contribution is -2.65. The molecule has 14 unspecified atom stereocenters. The van der Waals surface area contributed by atoms with Gasteiger partial charge in [-0.3, -0.25) is 28.9 Å². The third-order valence-electron chi connectivity index (χ3n) is 12.4. The molecule has 3 aliphatic rings. The number of methoxy groups -OCH3 is 3. The van der Waals surface area contributed by atoms with Crippen molar-refractivity contribution in [2.75, 3.05) is 104 Å². The van der Waals surface area contributed by atoms with E-state index in [0.29, 0.717) is 19.5 Å². The van der Waals surface area contributed by atoms with E-state index in [1.807, 2.05) is 48.8 Å². The molecule has 3 amide bonds. The number of amides is 3. The van der Waals surface area contributed by atoms with Gasteiger partial charge in [-0.25, -0.2) is 15.0 Å². The molecule has 3 rings (SSSR count). The second-order valence-corrected chi connectivity index (χ2v) is 21.8. The first-order valence-electron chi connectivity index (χ1n) is 30.1. The number of esters is 1. The van der Waals surface area contributed by atoms with Gasteiger partial charge in [-0.1, -0.05) is 58.1 Å². The van der Waals surface area contributed by atoms with Crippen LogP contribution in [0.15, 0.2) is 91.0 Å². The number of aliphatic hydroxyl groups is 8. The van der Waals surface area contributed by atoms with Gasteiger partial charge in [-0.05, 0) is 82.9 Å². The minimum absolute atomic E-state index is 0.00231. The number of nitrogens with one attached hydrogen (secondary N) is 10. The molecule has 98 heavy (non-hydrogen) atoms. The molecule has 3 saturated heterocycles. The van der Waals surface area contributed by atoms with Crippen molar-refractivity contribution in [3.63, 3.8) is 0 Å². The van der Waals surface area contributed by atoms with Crippen LogP contribution in [-0.2, 0) is 52.5 Å². The third-order valence-corrected chi connectivity index (χ3v) is 12.9. The number of carboxylic acid groups (broad SMARTS) is 1. The molecule has 0 aromatic carbocycles. The Kier molecular flexibility index (Phi) is 70.6. The Bertz CT molecular complexity index is 2280. The molecule has 0 spiro atoms. The standard InChI is InChI=1S/C13H23NO8.C7H14N2O.C7H14O6.C6H10N2O.C5H12N2.C4H8N4.C4H10N2.2C4H9N.C4H8O3.C3H7NOS/c1-6-4-13(21-3,12(19)20)22-11(9(6)14-7(2)16)10(18)8(17)5-15;1-5(8-4)6(2)9-7(3)10;1-12-7-6(11)5(10)4(9)3(2-8)13-7;1-5-3-4-6(9)8(5)7-2;1-4(6)5(2)7-3;1-4(6-2)3-7-8-5;1-4(3-5)6-2;2*1-4(2)5-3;1-3(5)4(6)7-2;1-3(5)6-4-2/h6,8-11,15,17-18H,4-5H2,1-3H3,(H,14,16)(H,19,20);6,8H,1H2,2-4H3,(H,9,10);3-11H,2H2,1H3;7H,1,3-4H2,2H3;4,7H,2,6H2,1,3H3;6H,1,3H2,2H3;6H,1,3,5H2,2H3;2*5H,1H2,2-3H3;3,5H,1-2H3;4H,1-2H3. The van der Waals surface area contributed by atoms with Crippen molar-refractivity contribution in [3.8, 4) is 0 Å². The summed E-state index contributed by atoms with van der Waals surface area (Å²) in [5.41, 5.74) is 27.2. The molecule has 3 fully saturated rings. The van der Waals surface area contributed by atoms with Crippen LogP contribution in [0.3, 0.4) is 0 Å². The van der Waals surface area contributed by atoms with Crippen molar-refractivity contribution in [1.82, 2.24) is 57.7 Å². The predicted molar refractivity (Wildman–Crippen MR) is 379 cm³/mol. The average Bonchev–Trinajstić information content (AvgIpc) is 0.907. The zero-order valence-corrected chi connectivity index (χ0v) is 62.1. The molecular formula is C61H124N16O20S. The molecule has 37 heteroatoms. The molecule has 0 saturated carbocycles. The molecule has 0 aliphatic carbocycles. The van der Waals surface area contributed by atoms with E-state index >= 15 is 0 Å². The molecule has 0 aromatic rings. The fraction of sp³-hybridized carbons (Fsp3) is 0.672. The third kappa shape index (κ3) is 55.0. The maximum atomic E-state index is 11.5. The largest absolute Gasteiger partial charge is 0.477 e. The Hall–Kier alpha value is -6.98. The Balaban J connectivity index is -0.000000158. The molecule has 574 valence electrons. The molecule has 14 atom stereocenters. The van der Waals surface area contributed by atoms with Crippen LogP contribution in [-0.4, -0.2) is 269 Å². The van der Waals surface area contributed by atoms with Crippen molar-refractivity contribution in [2.45, 2.75) is 161 Å². The minimum Gasteiger partial charge on any atom is -0.477 e. The van der Waals surface area contributed by atoms with E-state index in [0.717, 1.165) is 65.4 Å². The van der Waals surface area contributed by atoms with E-state index in [4.69, 9.17) is 51.3 Å². The Morgan fingerprint density at radius 2 is 1.28 bits per heavy atom. The van der Waals surface area contributed by atoms with Crippen molar-refractivity contribution < 1.29 is 98.4 Å². The molecule has 0 aromatic heterocycles. The number of carbonyl (C=O) groups excluding carboxylic acids is 5. The summed E-state index contributed by atoms with van der Waals surface area (Å²) in [5, 5.41) is 110. The fourth-order valence-corrected chi connectivity index (χ4v) is 6.57. The highest BCUT2D eigenvalue weighted by Gasteiger charge is 2.54. The van der Waals surface area contributed by atoms with Crippen LogP contribution in [0.1, 0.15) is 81.6 Å². The number of rotatable bonds is 23. The van der Waals surface area contributed by atoms with Gasteiger partial charge in [0.15, 0.2) is 6.29 Å². The van der Waals surface area contributed by atoms with Gasteiger partial charge in [-0.15, -0.1) is 0 Å². The first kappa shape index (κ1) is 107. The van der Waals surface area contributed by atoms with Crippen molar-refractivity contribution in [3.05, 3.63) is 96.4 Å². The van der Waals surface area contributed by atoms with Crippen molar-refractivity contribution >= 4 is 46.7 Å². The summed E-state index contributed by atoms with van der Waals surface area (Å²) in [7, 11) is 17.9. The topological polar surface area (TPSA) is 555 Å². The van der Waals surface area contributed by atoms with Gasteiger partial charge in [0.2, 0.25) is 22.8 Å². The maximum Gasteiger partial charge on any atom is 0.364 e. The van der Waals surface area contributed by atoms with Gasteiger partial charge in [-0.2, -0.15) is 0 Å². The lowest BCUT2D eigenvalue weighted by molar-refractivity contribution is -0.297. The number of nitrogens with zero attached hydrogens (tertiary/aromatic N) is 4. The Morgan fingerprint density at radius 1 is 0.786 bits per heavy atom. The number of hydrazine groups is 1. The lowest BCUT2D eigenvalue weighted by Gasteiger charge is -2.46. The van der Waals surface area contributed by atoms with Gasteiger partial charge >= 0.3 is 11.9 Å². The van der Waals surface area contributed by atoms with Crippen molar-refractivity contribution in [2.24, 2.45) is 22.5 Å². The van der Waals surface area contributed by atoms with E-state index in [2.05, 4.69) is 113 Å². The number of carbonyl (C=O) groups is 6. The highest BCUT2D eigenvalue weighted by atomic mass is 32.2. The van der Waals surface area contributed by atoms with Crippen LogP contribution < -0.4 is 64.1 Å². The highest BCUT2D eigenvalue weighted by Crippen LogP contribution is 2.36. The van der Waals surface area contributed by atoms with E-state index in [-0.39, 0.29) is 35.4 Å². The number of allylic oxidation sites excluding steroid dienone is 3. The number of carboxylic acids is 1. The minimum atomic E-state index is -1.99. The normalized spacial score (nSPS) is 21.1.